The van der Waals surface area contributed by atoms with Crippen LogP contribution in [0.3, 0.4) is 0 Å². The Morgan fingerprint density at radius 1 is 1.39 bits per heavy atom. The highest BCUT2D eigenvalue weighted by Gasteiger charge is 2.28. The summed E-state index contributed by atoms with van der Waals surface area (Å²) in [5.41, 5.74) is 0. The predicted molar refractivity (Wildman–Crippen MR) is 66.0 cm³/mol. The largest absolute Gasteiger partial charge is 0.396 e. The van der Waals surface area contributed by atoms with Gasteiger partial charge in [0.05, 0.1) is 0 Å². The zero-order valence-corrected chi connectivity index (χ0v) is 11.0. The van der Waals surface area contributed by atoms with Crippen molar-refractivity contribution in [3.8, 4) is 0 Å². The van der Waals surface area contributed by atoms with Crippen LogP contribution in [0.1, 0.15) is 56.3 Å². The van der Waals surface area contributed by atoms with Gasteiger partial charge < -0.3 is 14.4 Å². The van der Waals surface area contributed by atoms with Crippen LogP contribution in [0, 0.1) is 5.92 Å². The van der Waals surface area contributed by atoms with E-state index in [1.54, 1.807) is 7.11 Å². The molecule has 18 heavy (non-hydrogen) atoms. The molecule has 0 spiro atoms. The average Bonchev–Trinajstić information content (AvgIpc) is 2.87. The van der Waals surface area contributed by atoms with Gasteiger partial charge in [-0.25, -0.2) is 0 Å². The zero-order chi connectivity index (χ0) is 12.8. The number of ether oxygens (including phenoxy) is 1. The summed E-state index contributed by atoms with van der Waals surface area (Å²) in [4.78, 5) is 4.38. The molecule has 5 nitrogen and oxygen atoms in total. The number of hydrogen-bond acceptors (Lipinski definition) is 5. The van der Waals surface area contributed by atoms with Gasteiger partial charge in [-0.1, -0.05) is 24.4 Å². The molecule has 0 amide bonds. The van der Waals surface area contributed by atoms with E-state index in [1.165, 1.54) is 32.1 Å². The van der Waals surface area contributed by atoms with E-state index in [1.807, 2.05) is 0 Å². The van der Waals surface area contributed by atoms with Crippen LogP contribution < -0.4 is 0 Å². The average molecular weight is 254 g/mol. The van der Waals surface area contributed by atoms with Gasteiger partial charge in [0.2, 0.25) is 11.7 Å². The minimum atomic E-state index is -0.0445. The summed E-state index contributed by atoms with van der Waals surface area (Å²) in [6.07, 6.45) is 7.45. The number of methoxy groups -OCH3 is 1. The van der Waals surface area contributed by atoms with Gasteiger partial charge in [0.25, 0.3) is 0 Å². The van der Waals surface area contributed by atoms with Crippen molar-refractivity contribution >= 4 is 0 Å². The van der Waals surface area contributed by atoms with Gasteiger partial charge in [0.15, 0.2) is 0 Å². The van der Waals surface area contributed by atoms with E-state index in [9.17, 15) is 0 Å². The molecule has 2 rings (SSSR count). The highest BCUT2D eigenvalue weighted by atomic mass is 16.5. The van der Waals surface area contributed by atoms with Gasteiger partial charge in [0, 0.05) is 20.1 Å². The van der Waals surface area contributed by atoms with Crippen molar-refractivity contribution in [2.75, 3.05) is 13.7 Å². The number of aliphatic hydroxyl groups excluding tert-OH is 1. The maximum absolute atomic E-state index is 8.78. The number of rotatable bonds is 6. The van der Waals surface area contributed by atoms with Crippen molar-refractivity contribution in [3.05, 3.63) is 11.7 Å². The quantitative estimate of drug-likeness (QED) is 0.843. The molecule has 1 unspecified atom stereocenters. The molecule has 1 heterocycles. The van der Waals surface area contributed by atoms with E-state index >= 15 is 0 Å². The van der Waals surface area contributed by atoms with Gasteiger partial charge in [-0.15, -0.1) is 0 Å². The maximum Gasteiger partial charge on any atom is 0.226 e. The summed E-state index contributed by atoms with van der Waals surface area (Å²) in [5, 5.41) is 12.8. The van der Waals surface area contributed by atoms with Gasteiger partial charge in [-0.3, -0.25) is 0 Å². The predicted octanol–water partition coefficient (Wildman–Crippen LogP) is 2.26. The fourth-order valence-electron chi connectivity index (χ4n) is 2.66. The van der Waals surface area contributed by atoms with Crippen LogP contribution in [0.4, 0.5) is 0 Å². The zero-order valence-electron chi connectivity index (χ0n) is 11.0. The lowest BCUT2D eigenvalue weighted by Crippen LogP contribution is -2.19. The van der Waals surface area contributed by atoms with Gasteiger partial charge >= 0.3 is 0 Å². The molecule has 1 atom stereocenters. The molecule has 1 fully saturated rings. The highest BCUT2D eigenvalue weighted by Crippen LogP contribution is 2.35. The number of aryl methyl sites for hydroxylation is 1. The highest BCUT2D eigenvalue weighted by molar-refractivity contribution is 4.95. The lowest BCUT2D eigenvalue weighted by Gasteiger charge is -2.26. The standard InChI is InChI=1S/C13H22N2O3/c1-17-12(10-6-3-2-4-7-10)13-14-11(18-15-13)8-5-9-16/h10,12,16H,2-9H2,1H3. The smallest absolute Gasteiger partial charge is 0.226 e. The van der Waals surface area contributed by atoms with E-state index in [4.69, 9.17) is 14.4 Å². The Labute approximate surface area is 108 Å². The Hall–Kier alpha value is -0.940. The molecule has 1 aromatic heterocycles. The van der Waals surface area contributed by atoms with Crippen LogP contribution in [0.2, 0.25) is 0 Å². The summed E-state index contributed by atoms with van der Waals surface area (Å²) in [7, 11) is 1.71. The molecule has 1 N–H and O–H groups in total. The van der Waals surface area contributed by atoms with Crippen LogP contribution >= 0.6 is 0 Å². The first-order chi connectivity index (χ1) is 8.85. The first kappa shape index (κ1) is 13.5. The topological polar surface area (TPSA) is 68.4 Å². The van der Waals surface area contributed by atoms with E-state index in [0.29, 0.717) is 30.5 Å². The second kappa shape index (κ2) is 6.85. The minimum Gasteiger partial charge on any atom is -0.396 e. The van der Waals surface area contributed by atoms with E-state index in [2.05, 4.69) is 10.1 Å². The molecule has 0 aromatic carbocycles. The summed E-state index contributed by atoms with van der Waals surface area (Å²) >= 11 is 0. The Morgan fingerprint density at radius 3 is 2.83 bits per heavy atom. The molecule has 1 aliphatic carbocycles. The monoisotopic (exact) mass is 254 g/mol. The molecule has 1 aliphatic rings. The Balaban J connectivity index is 1.99. The fourth-order valence-corrected chi connectivity index (χ4v) is 2.66. The van der Waals surface area contributed by atoms with Crippen molar-refractivity contribution in [2.45, 2.75) is 51.0 Å². The second-order valence-electron chi connectivity index (χ2n) is 4.93. The molecular weight excluding hydrogens is 232 g/mol. The lowest BCUT2D eigenvalue weighted by atomic mass is 9.85. The molecule has 102 valence electrons. The summed E-state index contributed by atoms with van der Waals surface area (Å²) < 4.78 is 10.7. The van der Waals surface area contributed by atoms with Crippen molar-refractivity contribution in [1.82, 2.24) is 10.1 Å². The Kier molecular flexibility index (Phi) is 5.13. The second-order valence-corrected chi connectivity index (χ2v) is 4.93. The van der Waals surface area contributed by atoms with Gasteiger partial charge in [-0.2, -0.15) is 4.98 Å². The first-order valence-corrected chi connectivity index (χ1v) is 6.81. The Bertz CT molecular complexity index is 348. The maximum atomic E-state index is 8.78. The normalized spacial score (nSPS) is 19.0. The van der Waals surface area contributed by atoms with Crippen molar-refractivity contribution in [2.24, 2.45) is 5.92 Å². The van der Waals surface area contributed by atoms with Crippen LogP contribution in [0.15, 0.2) is 4.52 Å². The van der Waals surface area contributed by atoms with Gasteiger partial charge in [0.1, 0.15) is 6.10 Å². The number of hydrogen-bond donors (Lipinski definition) is 1. The third-order valence-corrected chi connectivity index (χ3v) is 3.62. The molecule has 5 heteroatoms. The van der Waals surface area contributed by atoms with Crippen LogP contribution in [0.5, 0.6) is 0 Å². The molecule has 0 radical (unpaired) electrons. The molecule has 1 aromatic rings. The fraction of sp³-hybridized carbons (Fsp3) is 0.846. The molecule has 0 bridgehead atoms. The van der Waals surface area contributed by atoms with Crippen LogP contribution in [0.25, 0.3) is 0 Å². The summed E-state index contributed by atoms with van der Waals surface area (Å²) in [6, 6.07) is 0. The number of nitrogens with zero attached hydrogens (tertiary/aromatic N) is 2. The van der Waals surface area contributed by atoms with Crippen LogP contribution in [-0.4, -0.2) is 29.0 Å². The summed E-state index contributed by atoms with van der Waals surface area (Å²) in [5.74, 6) is 1.77. The Morgan fingerprint density at radius 2 is 2.17 bits per heavy atom. The summed E-state index contributed by atoms with van der Waals surface area (Å²) in [6.45, 7) is 0.147. The van der Waals surface area contributed by atoms with Crippen molar-refractivity contribution in [3.63, 3.8) is 0 Å². The van der Waals surface area contributed by atoms with E-state index < -0.39 is 0 Å². The molecular formula is C13H22N2O3. The molecule has 0 saturated heterocycles. The van der Waals surface area contributed by atoms with Crippen molar-refractivity contribution in [1.29, 1.82) is 0 Å². The number of aromatic nitrogens is 2. The van der Waals surface area contributed by atoms with Crippen molar-refractivity contribution < 1.29 is 14.4 Å². The van der Waals surface area contributed by atoms with Crippen LogP contribution in [-0.2, 0) is 11.2 Å². The minimum absolute atomic E-state index is 0.0445. The SMILES string of the molecule is COC(c1noc(CCCO)n1)C1CCCCC1. The third-order valence-electron chi connectivity index (χ3n) is 3.62. The third kappa shape index (κ3) is 3.29. The van der Waals surface area contributed by atoms with E-state index in [0.717, 1.165) is 0 Å². The lowest BCUT2D eigenvalue weighted by molar-refractivity contribution is 0.0273. The van der Waals surface area contributed by atoms with E-state index in [-0.39, 0.29) is 12.7 Å². The van der Waals surface area contributed by atoms with Gasteiger partial charge in [-0.05, 0) is 25.2 Å². The number of aliphatic hydroxyl groups is 1. The molecule has 1 saturated carbocycles. The first-order valence-electron chi connectivity index (χ1n) is 6.81. The molecule has 0 aliphatic heterocycles.